The molecule has 2 aromatic heterocycles. The van der Waals surface area contributed by atoms with Crippen molar-refractivity contribution in [1.82, 2.24) is 9.13 Å². The molecule has 31 heavy (non-hydrogen) atoms. The minimum atomic E-state index is 0.0279. The first-order chi connectivity index (χ1) is 15.3. The van der Waals surface area contributed by atoms with Gasteiger partial charge in [0, 0.05) is 43.0 Å². The molecule has 0 spiro atoms. The Morgan fingerprint density at radius 1 is 0.581 bits per heavy atom. The number of rotatable bonds is 6. The van der Waals surface area contributed by atoms with E-state index in [0.29, 0.717) is 6.54 Å². The Kier molecular flexibility index (Phi) is 5.24. The van der Waals surface area contributed by atoms with Crippen LogP contribution in [0.25, 0.3) is 10.9 Å². The third-order valence-electron chi connectivity index (χ3n) is 5.87. The van der Waals surface area contributed by atoms with Crippen molar-refractivity contribution in [3.63, 3.8) is 0 Å². The van der Waals surface area contributed by atoms with Gasteiger partial charge in [0.1, 0.15) is 0 Å². The first-order valence-electron chi connectivity index (χ1n) is 10.6. The molecule has 2 heterocycles. The Hall–Kier alpha value is -3.85. The molecule has 0 aliphatic rings. The van der Waals surface area contributed by atoms with E-state index < -0.39 is 0 Å². The molecule has 5 rings (SSSR count). The molecular formula is C28H24N2O. The molecule has 0 radical (unpaired) electrons. The minimum Gasteiger partial charge on any atom is -0.346 e. The lowest BCUT2D eigenvalue weighted by atomic mass is 9.86. The van der Waals surface area contributed by atoms with Crippen molar-refractivity contribution in [2.45, 2.75) is 19.0 Å². The summed E-state index contributed by atoms with van der Waals surface area (Å²) in [6.45, 7) is 1.37. The maximum atomic E-state index is 12.6. The molecule has 0 aliphatic carbocycles. The largest absolute Gasteiger partial charge is 0.346 e. The Labute approximate surface area is 181 Å². The van der Waals surface area contributed by atoms with E-state index >= 15 is 0 Å². The van der Waals surface area contributed by atoms with Gasteiger partial charge in [-0.05, 0) is 34.2 Å². The number of aromatic nitrogens is 2. The fourth-order valence-corrected chi connectivity index (χ4v) is 4.31. The Morgan fingerprint density at radius 3 is 1.90 bits per heavy atom. The van der Waals surface area contributed by atoms with Gasteiger partial charge in [-0.1, -0.05) is 84.9 Å². The summed E-state index contributed by atoms with van der Waals surface area (Å²) in [5, 5.41) is 1.22. The van der Waals surface area contributed by atoms with Crippen LogP contribution in [0.4, 0.5) is 0 Å². The molecule has 3 nitrogen and oxygen atoms in total. The Bertz CT molecular complexity index is 1310. The van der Waals surface area contributed by atoms with Crippen LogP contribution in [0.15, 0.2) is 120 Å². The smallest absolute Gasteiger partial charge is 0.250 e. The molecule has 0 saturated carbocycles. The van der Waals surface area contributed by atoms with Gasteiger partial charge in [0.15, 0.2) is 0 Å². The quantitative estimate of drug-likeness (QED) is 0.357. The van der Waals surface area contributed by atoms with Crippen molar-refractivity contribution in [3.8, 4) is 0 Å². The molecule has 0 atom stereocenters. The van der Waals surface area contributed by atoms with Gasteiger partial charge in [0.05, 0.1) is 0 Å². The van der Waals surface area contributed by atoms with Gasteiger partial charge in [0.25, 0.3) is 5.56 Å². The summed E-state index contributed by atoms with van der Waals surface area (Å²) in [6.07, 6.45) is 4.12. The molecule has 0 unspecified atom stereocenters. The number of hydrogen-bond donors (Lipinski definition) is 0. The summed E-state index contributed by atoms with van der Waals surface area (Å²) < 4.78 is 4.04. The van der Waals surface area contributed by atoms with Gasteiger partial charge in [-0.3, -0.25) is 4.79 Å². The number of benzene rings is 3. The highest BCUT2D eigenvalue weighted by Crippen LogP contribution is 2.31. The zero-order chi connectivity index (χ0) is 21.0. The van der Waals surface area contributed by atoms with Crippen molar-refractivity contribution in [1.29, 1.82) is 0 Å². The third-order valence-corrected chi connectivity index (χ3v) is 5.87. The maximum absolute atomic E-state index is 12.6. The highest BCUT2D eigenvalue weighted by atomic mass is 16.1. The molecule has 0 fully saturated rings. The van der Waals surface area contributed by atoms with Gasteiger partial charge in [-0.25, -0.2) is 0 Å². The number of para-hydroxylation sites is 1. The van der Waals surface area contributed by atoms with Gasteiger partial charge < -0.3 is 9.13 Å². The van der Waals surface area contributed by atoms with E-state index in [4.69, 9.17) is 0 Å². The zero-order valence-electron chi connectivity index (χ0n) is 17.3. The summed E-state index contributed by atoms with van der Waals surface area (Å²) in [4.78, 5) is 12.6. The van der Waals surface area contributed by atoms with Gasteiger partial charge in [-0.2, -0.15) is 0 Å². The third kappa shape index (κ3) is 3.95. The lowest BCUT2D eigenvalue weighted by molar-refractivity contribution is 0.574. The second kappa shape index (κ2) is 8.49. The fraction of sp³-hybridized carbons (Fsp3) is 0.107. The first kappa shape index (κ1) is 19.1. The van der Waals surface area contributed by atoms with Gasteiger partial charge in [-0.15, -0.1) is 0 Å². The van der Waals surface area contributed by atoms with E-state index in [-0.39, 0.29) is 11.5 Å². The highest BCUT2D eigenvalue weighted by Gasteiger charge is 2.17. The highest BCUT2D eigenvalue weighted by molar-refractivity contribution is 5.79. The summed E-state index contributed by atoms with van der Waals surface area (Å²) in [5.74, 6) is 0.0849. The second-order valence-electron chi connectivity index (χ2n) is 7.82. The van der Waals surface area contributed by atoms with Crippen molar-refractivity contribution < 1.29 is 0 Å². The van der Waals surface area contributed by atoms with E-state index in [1.165, 1.54) is 22.0 Å². The molecule has 152 valence electrons. The van der Waals surface area contributed by atoms with Crippen molar-refractivity contribution in [3.05, 3.63) is 143 Å². The standard InChI is InChI=1S/C28H24N2O/c31-27-16-15-25(28(23-10-3-1-4-11-23)24-12-5-2-6-13-24)21-30(27)20-19-29-18-17-22-9-7-8-14-26(22)29/h1-18,21,28H,19-20H2. The van der Waals surface area contributed by atoms with E-state index in [0.717, 1.165) is 12.1 Å². The van der Waals surface area contributed by atoms with Crippen LogP contribution in [-0.2, 0) is 13.1 Å². The predicted octanol–water partition coefficient (Wildman–Crippen LogP) is 5.68. The van der Waals surface area contributed by atoms with E-state index in [1.54, 1.807) is 6.07 Å². The van der Waals surface area contributed by atoms with Gasteiger partial charge >= 0.3 is 0 Å². The topological polar surface area (TPSA) is 26.9 Å². The lowest BCUT2D eigenvalue weighted by Gasteiger charge is -2.20. The Morgan fingerprint density at radius 2 is 1.19 bits per heavy atom. The fourth-order valence-electron chi connectivity index (χ4n) is 4.31. The van der Waals surface area contributed by atoms with Crippen molar-refractivity contribution in [2.75, 3.05) is 0 Å². The number of pyridine rings is 1. The molecule has 0 aliphatic heterocycles. The number of hydrogen-bond acceptors (Lipinski definition) is 1. The SMILES string of the molecule is O=c1ccc(C(c2ccccc2)c2ccccc2)cn1CCn1ccc2ccccc21. The predicted molar refractivity (Wildman–Crippen MR) is 126 cm³/mol. The summed E-state index contributed by atoms with van der Waals surface area (Å²) in [7, 11) is 0. The van der Waals surface area contributed by atoms with Crippen LogP contribution < -0.4 is 5.56 Å². The number of fused-ring (bicyclic) bond motifs is 1. The average Bonchev–Trinajstić information content (AvgIpc) is 3.24. The molecular weight excluding hydrogens is 380 g/mol. The second-order valence-corrected chi connectivity index (χ2v) is 7.82. The van der Waals surface area contributed by atoms with Crippen LogP contribution in [0, 0.1) is 0 Å². The Balaban J connectivity index is 1.49. The van der Waals surface area contributed by atoms with Crippen LogP contribution in [-0.4, -0.2) is 9.13 Å². The van der Waals surface area contributed by atoms with Crippen LogP contribution in [0.1, 0.15) is 22.6 Å². The molecule has 0 N–H and O–H groups in total. The number of nitrogens with zero attached hydrogens (tertiary/aromatic N) is 2. The van der Waals surface area contributed by atoms with Crippen molar-refractivity contribution in [2.24, 2.45) is 0 Å². The van der Waals surface area contributed by atoms with Crippen LogP contribution in [0.5, 0.6) is 0 Å². The molecule has 0 saturated heterocycles. The van der Waals surface area contributed by atoms with E-state index in [9.17, 15) is 4.79 Å². The lowest BCUT2D eigenvalue weighted by Crippen LogP contribution is -2.22. The van der Waals surface area contributed by atoms with Crippen LogP contribution >= 0.6 is 0 Å². The van der Waals surface area contributed by atoms with Crippen LogP contribution in [0.3, 0.4) is 0 Å². The van der Waals surface area contributed by atoms with Crippen LogP contribution in [0.2, 0.25) is 0 Å². The normalized spacial score (nSPS) is 11.3. The molecule has 3 aromatic carbocycles. The average molecular weight is 405 g/mol. The van der Waals surface area contributed by atoms with E-state index in [2.05, 4.69) is 83.6 Å². The summed E-state index contributed by atoms with van der Waals surface area (Å²) >= 11 is 0. The zero-order valence-corrected chi connectivity index (χ0v) is 17.3. The molecule has 3 heteroatoms. The summed E-state index contributed by atoms with van der Waals surface area (Å²) in [6, 6.07) is 35.1. The van der Waals surface area contributed by atoms with Gasteiger partial charge in [0.2, 0.25) is 0 Å². The molecule has 5 aromatic rings. The monoisotopic (exact) mass is 404 g/mol. The number of aryl methyl sites for hydroxylation is 2. The first-order valence-corrected chi connectivity index (χ1v) is 10.6. The molecule has 0 bridgehead atoms. The van der Waals surface area contributed by atoms with E-state index in [1.807, 2.05) is 35.0 Å². The minimum absolute atomic E-state index is 0.0279. The molecule has 0 amide bonds. The summed E-state index contributed by atoms with van der Waals surface area (Å²) in [5.41, 5.74) is 4.78. The maximum Gasteiger partial charge on any atom is 0.250 e. The van der Waals surface area contributed by atoms with Crippen molar-refractivity contribution >= 4 is 10.9 Å².